The first-order valence-corrected chi connectivity index (χ1v) is 10.7. The molecule has 1 aliphatic heterocycles. The van der Waals surface area contributed by atoms with Crippen LogP contribution in [-0.4, -0.2) is 28.4 Å². The van der Waals surface area contributed by atoms with Crippen LogP contribution in [-0.2, 0) is 9.59 Å². The molecule has 4 rings (SSSR count). The fourth-order valence-corrected chi connectivity index (χ4v) is 3.72. The number of aromatic nitrogens is 1. The molecule has 8 heteroatoms. The molecule has 1 saturated heterocycles. The number of hydrogen-bond donors (Lipinski definition) is 1. The van der Waals surface area contributed by atoms with Gasteiger partial charge in [-0.2, -0.15) is 0 Å². The molecule has 34 heavy (non-hydrogen) atoms. The molecule has 6 nitrogen and oxygen atoms in total. The lowest BCUT2D eigenvalue weighted by Crippen LogP contribution is -2.29. The number of carbonyl (C=O) groups is 2. The van der Waals surface area contributed by atoms with Crippen LogP contribution in [0.1, 0.15) is 31.0 Å². The standard InChI is InChI=1S/C26H22F2N2O4/c1-15(2)14-34-19-6-3-17(4-7-19)24(31)22-23(16-9-11-29-12-10-16)30(26(33)25(22)32)18-5-8-20(27)21(28)13-18/h3-13,15,23,31H,14H2,1-2H3/b24-22+. The van der Waals surface area contributed by atoms with E-state index in [2.05, 4.69) is 4.98 Å². The summed E-state index contributed by atoms with van der Waals surface area (Å²) in [6.45, 7) is 4.56. The Morgan fingerprint density at radius 3 is 2.32 bits per heavy atom. The van der Waals surface area contributed by atoms with Gasteiger partial charge in [-0.15, -0.1) is 0 Å². The maximum atomic E-state index is 14.0. The Labute approximate surface area is 195 Å². The number of ether oxygens (including phenoxy) is 1. The third kappa shape index (κ3) is 4.39. The van der Waals surface area contributed by atoms with Crippen LogP contribution in [0.25, 0.3) is 5.76 Å². The Bertz CT molecular complexity index is 1260. The summed E-state index contributed by atoms with van der Waals surface area (Å²) in [7, 11) is 0. The predicted octanol–water partition coefficient (Wildman–Crippen LogP) is 5.02. The van der Waals surface area contributed by atoms with Gasteiger partial charge in [0.2, 0.25) is 0 Å². The molecule has 1 fully saturated rings. The van der Waals surface area contributed by atoms with Crippen LogP contribution in [0.15, 0.2) is 72.6 Å². The molecule has 0 saturated carbocycles. The fraction of sp³-hybridized carbons (Fsp3) is 0.192. The Morgan fingerprint density at radius 1 is 1.03 bits per heavy atom. The number of nitrogens with zero attached hydrogens (tertiary/aromatic N) is 2. The van der Waals surface area contributed by atoms with Crippen molar-refractivity contribution in [1.82, 2.24) is 4.98 Å². The number of carbonyl (C=O) groups excluding carboxylic acids is 2. The van der Waals surface area contributed by atoms with Gasteiger partial charge in [0.15, 0.2) is 11.6 Å². The van der Waals surface area contributed by atoms with Gasteiger partial charge in [-0.05, 0) is 60.0 Å². The molecule has 174 valence electrons. The average Bonchev–Trinajstić information content (AvgIpc) is 3.10. The topological polar surface area (TPSA) is 79.7 Å². The summed E-state index contributed by atoms with van der Waals surface area (Å²) < 4.78 is 33.2. The number of aliphatic hydroxyl groups is 1. The third-order valence-corrected chi connectivity index (χ3v) is 5.36. The Balaban J connectivity index is 1.81. The maximum Gasteiger partial charge on any atom is 0.300 e. The molecule has 1 N–H and O–H groups in total. The molecule has 1 amide bonds. The number of anilines is 1. The molecule has 0 bridgehead atoms. The number of halogens is 2. The monoisotopic (exact) mass is 464 g/mol. The van der Waals surface area contributed by atoms with E-state index in [0.29, 0.717) is 29.4 Å². The molecule has 0 radical (unpaired) electrons. The van der Waals surface area contributed by atoms with Crippen molar-refractivity contribution in [2.45, 2.75) is 19.9 Å². The van der Waals surface area contributed by atoms with Crippen LogP contribution in [0.2, 0.25) is 0 Å². The normalized spacial score (nSPS) is 17.4. The van der Waals surface area contributed by atoms with Crippen LogP contribution < -0.4 is 9.64 Å². The molecule has 1 unspecified atom stereocenters. The van der Waals surface area contributed by atoms with Crippen molar-refractivity contribution in [2.75, 3.05) is 11.5 Å². The Kier molecular flexibility index (Phi) is 6.40. The van der Waals surface area contributed by atoms with E-state index in [4.69, 9.17) is 4.74 Å². The summed E-state index contributed by atoms with van der Waals surface area (Å²) in [5, 5.41) is 11.1. The maximum absolute atomic E-state index is 14.0. The van der Waals surface area contributed by atoms with Gasteiger partial charge in [-0.3, -0.25) is 19.5 Å². The Morgan fingerprint density at radius 2 is 1.71 bits per heavy atom. The van der Waals surface area contributed by atoms with Gasteiger partial charge < -0.3 is 9.84 Å². The van der Waals surface area contributed by atoms with Crippen molar-refractivity contribution < 1.29 is 28.2 Å². The highest BCUT2D eigenvalue weighted by Crippen LogP contribution is 2.42. The number of rotatable bonds is 6. The first-order valence-electron chi connectivity index (χ1n) is 10.7. The van der Waals surface area contributed by atoms with E-state index in [1.807, 2.05) is 13.8 Å². The zero-order valence-electron chi connectivity index (χ0n) is 18.5. The van der Waals surface area contributed by atoms with Crippen LogP contribution in [0.4, 0.5) is 14.5 Å². The summed E-state index contributed by atoms with van der Waals surface area (Å²) in [6.07, 6.45) is 2.95. The number of pyridine rings is 1. The van der Waals surface area contributed by atoms with Gasteiger partial charge in [-0.1, -0.05) is 13.8 Å². The van der Waals surface area contributed by atoms with Gasteiger partial charge >= 0.3 is 0 Å². The third-order valence-electron chi connectivity index (χ3n) is 5.36. The Hall–Kier alpha value is -4.07. The summed E-state index contributed by atoms with van der Waals surface area (Å²) >= 11 is 0. The van der Waals surface area contributed by atoms with Crippen molar-refractivity contribution in [3.05, 3.63) is 95.3 Å². The second-order valence-corrected chi connectivity index (χ2v) is 8.28. The quantitative estimate of drug-likeness (QED) is 0.315. The molecule has 0 aliphatic carbocycles. The smallest absolute Gasteiger partial charge is 0.300 e. The van der Waals surface area contributed by atoms with Crippen molar-refractivity contribution in [3.8, 4) is 5.75 Å². The van der Waals surface area contributed by atoms with Crippen LogP contribution in [0.3, 0.4) is 0 Å². The zero-order valence-corrected chi connectivity index (χ0v) is 18.5. The molecule has 2 aromatic carbocycles. The van der Waals surface area contributed by atoms with E-state index in [1.165, 1.54) is 18.5 Å². The average molecular weight is 464 g/mol. The summed E-state index contributed by atoms with van der Waals surface area (Å²) in [6, 6.07) is 11.5. The first-order chi connectivity index (χ1) is 16.3. The SMILES string of the molecule is CC(C)COc1ccc(/C(O)=C2\C(=O)C(=O)N(c3ccc(F)c(F)c3)C2c2ccncc2)cc1. The predicted molar refractivity (Wildman–Crippen MR) is 122 cm³/mol. The zero-order chi connectivity index (χ0) is 24.4. The van der Waals surface area contributed by atoms with Crippen molar-refractivity contribution in [3.63, 3.8) is 0 Å². The van der Waals surface area contributed by atoms with Gasteiger partial charge in [0.25, 0.3) is 11.7 Å². The second kappa shape index (κ2) is 9.43. The van der Waals surface area contributed by atoms with E-state index >= 15 is 0 Å². The summed E-state index contributed by atoms with van der Waals surface area (Å²) in [5.41, 5.74) is 0.590. The highest BCUT2D eigenvalue weighted by molar-refractivity contribution is 6.51. The molecule has 1 aromatic heterocycles. The van der Waals surface area contributed by atoms with E-state index in [9.17, 15) is 23.5 Å². The number of ketones is 1. The number of aliphatic hydroxyl groups excluding tert-OH is 1. The number of hydrogen-bond acceptors (Lipinski definition) is 5. The van der Waals surface area contributed by atoms with Crippen molar-refractivity contribution in [2.24, 2.45) is 5.92 Å². The number of benzene rings is 2. The van der Waals surface area contributed by atoms with Crippen LogP contribution >= 0.6 is 0 Å². The van der Waals surface area contributed by atoms with Crippen molar-refractivity contribution >= 4 is 23.1 Å². The van der Waals surface area contributed by atoms with E-state index < -0.39 is 29.4 Å². The first kappa shape index (κ1) is 23.1. The van der Waals surface area contributed by atoms with E-state index in [1.54, 1.807) is 36.4 Å². The van der Waals surface area contributed by atoms with Gasteiger partial charge in [-0.25, -0.2) is 8.78 Å². The van der Waals surface area contributed by atoms with E-state index in [-0.39, 0.29) is 17.0 Å². The lowest BCUT2D eigenvalue weighted by molar-refractivity contribution is -0.132. The van der Waals surface area contributed by atoms with E-state index in [0.717, 1.165) is 17.0 Å². The number of amides is 1. The molecule has 1 aliphatic rings. The molecule has 2 heterocycles. The molecule has 1 atom stereocenters. The van der Waals surface area contributed by atoms with Gasteiger partial charge in [0.05, 0.1) is 18.2 Å². The molecule has 3 aromatic rings. The van der Waals surface area contributed by atoms with Crippen molar-refractivity contribution in [1.29, 1.82) is 0 Å². The summed E-state index contributed by atoms with van der Waals surface area (Å²) in [4.78, 5) is 31.1. The summed E-state index contributed by atoms with van der Waals surface area (Å²) in [5.74, 6) is -3.61. The highest BCUT2D eigenvalue weighted by Gasteiger charge is 2.47. The minimum atomic E-state index is -1.16. The molecule has 0 spiro atoms. The van der Waals surface area contributed by atoms with Crippen LogP contribution in [0, 0.1) is 17.6 Å². The largest absolute Gasteiger partial charge is 0.507 e. The van der Waals surface area contributed by atoms with Gasteiger partial charge in [0, 0.05) is 29.7 Å². The number of Topliss-reactive ketones (excluding diaryl/α,β-unsaturated/α-hetero) is 1. The lowest BCUT2D eigenvalue weighted by Gasteiger charge is -2.25. The molecular weight excluding hydrogens is 442 g/mol. The second-order valence-electron chi connectivity index (χ2n) is 8.28. The van der Waals surface area contributed by atoms with Crippen LogP contribution in [0.5, 0.6) is 5.75 Å². The van der Waals surface area contributed by atoms with Gasteiger partial charge in [0.1, 0.15) is 11.5 Å². The minimum Gasteiger partial charge on any atom is -0.507 e. The molecular formula is C26H22F2N2O4. The fourth-order valence-electron chi connectivity index (χ4n) is 3.72. The minimum absolute atomic E-state index is 0.0145. The highest BCUT2D eigenvalue weighted by atomic mass is 19.2. The lowest BCUT2D eigenvalue weighted by atomic mass is 9.95.